The summed E-state index contributed by atoms with van der Waals surface area (Å²) in [4.78, 5) is 0.968. The van der Waals surface area contributed by atoms with Crippen molar-refractivity contribution in [2.45, 2.75) is 12.7 Å². The first-order chi connectivity index (χ1) is 9.22. The number of aliphatic hydroxyl groups is 1. The summed E-state index contributed by atoms with van der Waals surface area (Å²) < 4.78 is 6.20. The molecule has 102 valence electrons. The third-order valence-corrected chi connectivity index (χ3v) is 4.48. The summed E-state index contributed by atoms with van der Waals surface area (Å²) in [5.74, 6) is 0. The van der Waals surface area contributed by atoms with Gasteiger partial charge in [-0.15, -0.1) is 11.3 Å². The van der Waals surface area contributed by atoms with Crippen LogP contribution in [0.15, 0.2) is 40.2 Å². The summed E-state index contributed by atoms with van der Waals surface area (Å²) in [5.41, 5.74) is 2.04. The van der Waals surface area contributed by atoms with E-state index in [2.05, 4.69) is 21.2 Å². The van der Waals surface area contributed by atoms with Gasteiger partial charge in [-0.25, -0.2) is 0 Å². The number of hydrogen-bond donors (Lipinski definition) is 2. The highest BCUT2D eigenvalue weighted by Gasteiger charge is 2.11. The zero-order chi connectivity index (χ0) is 13.7. The van der Waals surface area contributed by atoms with Crippen LogP contribution < -0.4 is 5.32 Å². The number of aliphatic hydroxyl groups excluding tert-OH is 1. The normalized spacial score (nSPS) is 12.4. The second-order valence-electron chi connectivity index (χ2n) is 4.11. The van der Waals surface area contributed by atoms with Gasteiger partial charge in [0.15, 0.2) is 0 Å². The Kier molecular flexibility index (Phi) is 5.39. The highest BCUT2D eigenvalue weighted by molar-refractivity contribution is 9.10. The van der Waals surface area contributed by atoms with Crippen molar-refractivity contribution in [1.82, 2.24) is 0 Å². The molecule has 0 fully saturated rings. The number of thiophene rings is 1. The van der Waals surface area contributed by atoms with Crippen LogP contribution in [-0.2, 0) is 11.3 Å². The topological polar surface area (TPSA) is 41.5 Å². The molecule has 0 aliphatic heterocycles. The molecule has 0 radical (unpaired) electrons. The van der Waals surface area contributed by atoms with Crippen LogP contribution in [0.25, 0.3) is 0 Å². The molecule has 5 heteroatoms. The Morgan fingerprint density at radius 2 is 2.21 bits per heavy atom. The lowest BCUT2D eigenvalue weighted by atomic mass is 10.2. The van der Waals surface area contributed by atoms with E-state index in [-0.39, 0.29) is 0 Å². The maximum absolute atomic E-state index is 10.1. The average Bonchev–Trinajstić information content (AvgIpc) is 2.93. The fourth-order valence-electron chi connectivity index (χ4n) is 1.80. The van der Waals surface area contributed by atoms with Gasteiger partial charge in [0.05, 0.1) is 6.61 Å². The van der Waals surface area contributed by atoms with Crippen LogP contribution in [0.4, 0.5) is 5.69 Å². The molecule has 0 saturated carbocycles. The fraction of sp³-hybridized carbons (Fsp3) is 0.286. The first-order valence-electron chi connectivity index (χ1n) is 5.94. The van der Waals surface area contributed by atoms with Crippen LogP contribution in [0.2, 0.25) is 0 Å². The second kappa shape index (κ2) is 7.05. The quantitative estimate of drug-likeness (QED) is 0.839. The molecule has 3 nitrogen and oxygen atoms in total. The van der Waals surface area contributed by atoms with Crippen LogP contribution >= 0.6 is 27.3 Å². The van der Waals surface area contributed by atoms with Crippen LogP contribution in [0.3, 0.4) is 0 Å². The summed E-state index contributed by atoms with van der Waals surface area (Å²) in [5, 5.41) is 15.3. The van der Waals surface area contributed by atoms with E-state index in [4.69, 9.17) is 4.74 Å². The van der Waals surface area contributed by atoms with Gasteiger partial charge in [-0.1, -0.05) is 28.1 Å². The molecule has 0 amide bonds. The van der Waals surface area contributed by atoms with Crippen LogP contribution in [0.5, 0.6) is 0 Å². The van der Waals surface area contributed by atoms with E-state index in [9.17, 15) is 5.11 Å². The van der Waals surface area contributed by atoms with E-state index in [0.29, 0.717) is 13.2 Å². The van der Waals surface area contributed by atoms with Crippen molar-refractivity contribution in [3.05, 3.63) is 50.6 Å². The maximum Gasteiger partial charge on any atom is 0.105 e. The summed E-state index contributed by atoms with van der Waals surface area (Å²) in [6.07, 6.45) is -0.491. The predicted molar refractivity (Wildman–Crippen MR) is 82.6 cm³/mol. The van der Waals surface area contributed by atoms with E-state index in [0.717, 1.165) is 20.6 Å². The van der Waals surface area contributed by atoms with Gasteiger partial charge >= 0.3 is 0 Å². The Labute approximate surface area is 125 Å². The van der Waals surface area contributed by atoms with Crippen LogP contribution in [0, 0.1) is 0 Å². The highest BCUT2D eigenvalue weighted by Crippen LogP contribution is 2.26. The van der Waals surface area contributed by atoms with E-state index in [1.54, 1.807) is 18.4 Å². The monoisotopic (exact) mass is 341 g/mol. The maximum atomic E-state index is 10.1. The lowest BCUT2D eigenvalue weighted by molar-refractivity contribution is 0.184. The molecule has 1 aromatic heterocycles. The van der Waals surface area contributed by atoms with Crippen LogP contribution in [-0.4, -0.2) is 18.8 Å². The molecule has 0 saturated heterocycles. The van der Waals surface area contributed by atoms with E-state index >= 15 is 0 Å². The molecular weight excluding hydrogens is 326 g/mol. The van der Waals surface area contributed by atoms with Gasteiger partial charge < -0.3 is 15.2 Å². The molecule has 2 rings (SSSR count). The summed E-state index contributed by atoms with van der Waals surface area (Å²) in [6, 6.07) is 9.81. The molecule has 1 heterocycles. The molecule has 1 atom stereocenters. The number of rotatable bonds is 6. The average molecular weight is 342 g/mol. The van der Waals surface area contributed by atoms with Crippen molar-refractivity contribution < 1.29 is 9.84 Å². The summed E-state index contributed by atoms with van der Waals surface area (Å²) in [7, 11) is 1.67. The van der Waals surface area contributed by atoms with Crippen LogP contribution in [0.1, 0.15) is 16.5 Å². The molecule has 0 aliphatic carbocycles. The van der Waals surface area contributed by atoms with Gasteiger partial charge in [-0.05, 0) is 23.6 Å². The van der Waals surface area contributed by atoms with Crippen molar-refractivity contribution >= 4 is 33.0 Å². The molecule has 1 unspecified atom stereocenters. The zero-order valence-electron chi connectivity index (χ0n) is 10.6. The zero-order valence-corrected chi connectivity index (χ0v) is 13.0. The van der Waals surface area contributed by atoms with E-state index in [1.165, 1.54) is 0 Å². The van der Waals surface area contributed by atoms with E-state index < -0.39 is 6.10 Å². The first-order valence-corrected chi connectivity index (χ1v) is 7.61. The molecular formula is C14H16BrNO2S. The molecule has 1 aromatic carbocycles. The fourth-order valence-corrected chi connectivity index (χ4v) is 3.00. The Hall–Kier alpha value is -0.880. The van der Waals surface area contributed by atoms with Gasteiger partial charge in [0.25, 0.3) is 0 Å². The smallest absolute Gasteiger partial charge is 0.105 e. The lowest BCUT2D eigenvalue weighted by Gasteiger charge is -2.15. The Bertz CT molecular complexity index is 516. The van der Waals surface area contributed by atoms with Crippen molar-refractivity contribution in [2.75, 3.05) is 19.0 Å². The van der Waals surface area contributed by atoms with Gasteiger partial charge in [-0.3, -0.25) is 0 Å². The predicted octanol–water partition coefficient (Wildman–Crippen LogP) is 3.80. The SMILES string of the molecule is COCc1c(Br)cccc1NCC(O)c1cccs1. The molecule has 19 heavy (non-hydrogen) atoms. The minimum atomic E-state index is -0.491. The number of ether oxygens (including phenoxy) is 1. The van der Waals surface area contributed by atoms with Crippen molar-refractivity contribution in [3.8, 4) is 0 Å². The van der Waals surface area contributed by atoms with Gasteiger partial charge in [-0.2, -0.15) is 0 Å². The standard InChI is InChI=1S/C14H16BrNO2S/c1-18-9-10-11(15)4-2-5-12(10)16-8-13(17)14-6-3-7-19-14/h2-7,13,16-17H,8-9H2,1H3. The molecule has 0 aliphatic rings. The first kappa shape index (κ1) is 14.5. The third kappa shape index (κ3) is 3.79. The van der Waals surface area contributed by atoms with E-state index in [1.807, 2.05) is 35.7 Å². The largest absolute Gasteiger partial charge is 0.386 e. The van der Waals surface area contributed by atoms with Gasteiger partial charge in [0.1, 0.15) is 6.10 Å². The molecule has 0 spiro atoms. The molecule has 2 aromatic rings. The minimum Gasteiger partial charge on any atom is -0.386 e. The molecule has 2 N–H and O–H groups in total. The van der Waals surface area contributed by atoms with Gasteiger partial charge in [0.2, 0.25) is 0 Å². The third-order valence-electron chi connectivity index (χ3n) is 2.76. The Morgan fingerprint density at radius 3 is 2.89 bits per heavy atom. The highest BCUT2D eigenvalue weighted by atomic mass is 79.9. The molecule has 0 bridgehead atoms. The number of anilines is 1. The summed E-state index contributed by atoms with van der Waals surface area (Å²) >= 11 is 5.07. The van der Waals surface area contributed by atoms with Gasteiger partial charge in [0, 0.05) is 34.3 Å². The number of benzene rings is 1. The van der Waals surface area contributed by atoms with Crippen molar-refractivity contribution in [2.24, 2.45) is 0 Å². The second-order valence-corrected chi connectivity index (χ2v) is 5.94. The lowest BCUT2D eigenvalue weighted by Crippen LogP contribution is -2.12. The Balaban J connectivity index is 2.05. The number of hydrogen-bond acceptors (Lipinski definition) is 4. The van der Waals surface area contributed by atoms with Crippen molar-refractivity contribution in [1.29, 1.82) is 0 Å². The van der Waals surface area contributed by atoms with Crippen molar-refractivity contribution in [3.63, 3.8) is 0 Å². The minimum absolute atomic E-state index is 0.480. The number of nitrogens with one attached hydrogen (secondary N) is 1. The Morgan fingerprint density at radius 1 is 1.37 bits per heavy atom. The number of methoxy groups -OCH3 is 1. The number of halogens is 1. The summed E-state index contributed by atoms with van der Waals surface area (Å²) in [6.45, 7) is 1.01.